The summed E-state index contributed by atoms with van der Waals surface area (Å²) in [5.74, 6) is -0.339. The molecule has 0 amide bonds. The number of unbranched alkanes of at least 4 members (excludes halogenated alkanes) is 1. The molecule has 0 saturated heterocycles. The van der Waals surface area contributed by atoms with Crippen molar-refractivity contribution in [2.75, 3.05) is 13.2 Å². The molecule has 3 heteroatoms. The topological polar surface area (TPSA) is 38.3 Å². The Morgan fingerprint density at radius 1 is 1.43 bits per heavy atom. The zero-order valence-electron chi connectivity index (χ0n) is 9.43. The van der Waals surface area contributed by atoms with Crippen molar-refractivity contribution >= 4 is 5.97 Å². The molecular formula is C11H21NO2. The second kappa shape index (κ2) is 6.60. The number of hydrogen-bond donors (Lipinski definition) is 1. The van der Waals surface area contributed by atoms with Gasteiger partial charge in [-0.1, -0.05) is 6.58 Å². The summed E-state index contributed by atoms with van der Waals surface area (Å²) in [6.45, 7) is 11.1. The van der Waals surface area contributed by atoms with Gasteiger partial charge in [0.25, 0.3) is 0 Å². The molecule has 0 aromatic carbocycles. The molecule has 0 rings (SSSR count). The average Bonchev–Trinajstić information content (AvgIpc) is 2.08. The Morgan fingerprint density at radius 2 is 2.07 bits per heavy atom. The average molecular weight is 199 g/mol. The molecule has 0 aromatic heterocycles. The molecule has 0 spiro atoms. The first-order valence-corrected chi connectivity index (χ1v) is 5.00. The molecule has 0 aromatic rings. The fourth-order valence-corrected chi connectivity index (χ4v) is 0.922. The van der Waals surface area contributed by atoms with Crippen LogP contribution in [0.2, 0.25) is 0 Å². The highest BCUT2D eigenvalue weighted by Gasteiger charge is 2.06. The van der Waals surface area contributed by atoms with E-state index < -0.39 is 0 Å². The third kappa shape index (κ3) is 9.26. The predicted molar refractivity (Wildman–Crippen MR) is 58.1 cm³/mol. The van der Waals surface area contributed by atoms with Crippen molar-refractivity contribution in [3.8, 4) is 0 Å². The molecular weight excluding hydrogens is 178 g/mol. The number of rotatable bonds is 6. The van der Waals surface area contributed by atoms with Gasteiger partial charge in [0.1, 0.15) is 0 Å². The van der Waals surface area contributed by atoms with E-state index in [1.54, 1.807) is 0 Å². The smallest absolute Gasteiger partial charge is 0.330 e. The Hall–Kier alpha value is -0.830. The number of nitrogens with one attached hydrogen (secondary N) is 1. The number of hydrogen-bond acceptors (Lipinski definition) is 3. The third-order valence-electron chi connectivity index (χ3n) is 1.64. The van der Waals surface area contributed by atoms with E-state index in [4.69, 9.17) is 4.74 Å². The molecule has 0 atom stereocenters. The van der Waals surface area contributed by atoms with Crippen molar-refractivity contribution in [1.29, 1.82) is 0 Å². The quantitative estimate of drug-likeness (QED) is 0.403. The van der Waals surface area contributed by atoms with E-state index in [9.17, 15) is 4.79 Å². The number of carbonyl (C=O) groups excluding carboxylic acids is 1. The van der Waals surface area contributed by atoms with Crippen LogP contribution < -0.4 is 5.32 Å². The highest BCUT2D eigenvalue weighted by molar-refractivity contribution is 5.81. The van der Waals surface area contributed by atoms with E-state index in [0.717, 1.165) is 19.4 Å². The Bertz CT molecular complexity index is 182. The Kier molecular flexibility index (Phi) is 6.21. The van der Waals surface area contributed by atoms with Gasteiger partial charge in [0.15, 0.2) is 0 Å². The van der Waals surface area contributed by atoms with Gasteiger partial charge in [-0.2, -0.15) is 0 Å². The molecule has 0 bridgehead atoms. The summed E-state index contributed by atoms with van der Waals surface area (Å²) in [4.78, 5) is 10.6. The van der Waals surface area contributed by atoms with E-state index >= 15 is 0 Å². The van der Waals surface area contributed by atoms with E-state index in [1.807, 2.05) is 0 Å². The molecule has 14 heavy (non-hydrogen) atoms. The van der Waals surface area contributed by atoms with E-state index in [1.165, 1.54) is 6.08 Å². The monoisotopic (exact) mass is 199 g/mol. The van der Waals surface area contributed by atoms with E-state index in [0.29, 0.717) is 6.61 Å². The van der Waals surface area contributed by atoms with Gasteiger partial charge in [-0.25, -0.2) is 4.79 Å². The van der Waals surface area contributed by atoms with Crippen LogP contribution in [0.3, 0.4) is 0 Å². The van der Waals surface area contributed by atoms with Crippen LogP contribution in [0, 0.1) is 0 Å². The first-order valence-electron chi connectivity index (χ1n) is 5.00. The highest BCUT2D eigenvalue weighted by atomic mass is 16.5. The molecule has 1 N–H and O–H groups in total. The summed E-state index contributed by atoms with van der Waals surface area (Å²) in [5.41, 5.74) is 0.164. The lowest BCUT2D eigenvalue weighted by molar-refractivity contribution is -0.137. The SMILES string of the molecule is C=CC(=O)OCCCCNC(C)(C)C. The van der Waals surface area contributed by atoms with E-state index in [-0.39, 0.29) is 11.5 Å². The van der Waals surface area contributed by atoms with Gasteiger partial charge in [-0.15, -0.1) is 0 Å². The van der Waals surface area contributed by atoms with Gasteiger partial charge in [-0.3, -0.25) is 0 Å². The third-order valence-corrected chi connectivity index (χ3v) is 1.64. The molecule has 0 unspecified atom stereocenters. The molecule has 3 nitrogen and oxygen atoms in total. The Morgan fingerprint density at radius 3 is 2.57 bits per heavy atom. The molecule has 0 radical (unpaired) electrons. The lowest BCUT2D eigenvalue weighted by Crippen LogP contribution is -2.36. The van der Waals surface area contributed by atoms with Gasteiger partial charge >= 0.3 is 5.97 Å². The summed E-state index contributed by atoms with van der Waals surface area (Å²) in [7, 11) is 0. The van der Waals surface area contributed by atoms with E-state index in [2.05, 4.69) is 32.7 Å². The summed E-state index contributed by atoms with van der Waals surface area (Å²) >= 11 is 0. The lowest BCUT2D eigenvalue weighted by atomic mass is 10.1. The van der Waals surface area contributed by atoms with Crippen LogP contribution in [0.25, 0.3) is 0 Å². The van der Waals surface area contributed by atoms with Gasteiger partial charge in [0, 0.05) is 11.6 Å². The minimum absolute atomic E-state index is 0.164. The number of esters is 1. The zero-order valence-corrected chi connectivity index (χ0v) is 9.43. The molecule has 0 saturated carbocycles. The van der Waals surface area contributed by atoms with Crippen LogP contribution in [0.5, 0.6) is 0 Å². The van der Waals surface area contributed by atoms with Crippen molar-refractivity contribution in [1.82, 2.24) is 5.32 Å². The summed E-state index contributed by atoms with van der Waals surface area (Å²) in [6, 6.07) is 0. The van der Waals surface area contributed by atoms with Crippen LogP contribution in [-0.4, -0.2) is 24.7 Å². The largest absolute Gasteiger partial charge is 0.463 e. The molecule has 0 fully saturated rings. The summed E-state index contributed by atoms with van der Waals surface area (Å²) in [5, 5.41) is 3.36. The molecule has 0 aliphatic heterocycles. The molecule has 0 aliphatic carbocycles. The maximum atomic E-state index is 10.6. The number of ether oxygens (including phenoxy) is 1. The van der Waals surface area contributed by atoms with Gasteiger partial charge < -0.3 is 10.1 Å². The maximum absolute atomic E-state index is 10.6. The van der Waals surface area contributed by atoms with Crippen molar-refractivity contribution in [3.63, 3.8) is 0 Å². The molecule has 82 valence electrons. The summed E-state index contributed by atoms with van der Waals surface area (Å²) in [6.07, 6.45) is 3.09. The first kappa shape index (κ1) is 13.2. The zero-order chi connectivity index (χ0) is 11.0. The summed E-state index contributed by atoms with van der Waals surface area (Å²) < 4.78 is 4.84. The van der Waals surface area contributed by atoms with Crippen molar-refractivity contribution < 1.29 is 9.53 Å². The standard InChI is InChI=1S/C11H21NO2/c1-5-10(13)14-9-7-6-8-12-11(2,3)4/h5,12H,1,6-9H2,2-4H3. The normalized spacial score (nSPS) is 11.1. The molecule has 0 heterocycles. The van der Waals surface area contributed by atoms with Gasteiger partial charge in [0.2, 0.25) is 0 Å². The minimum Gasteiger partial charge on any atom is -0.463 e. The second-order valence-electron chi connectivity index (χ2n) is 4.26. The first-order chi connectivity index (χ1) is 6.45. The molecule has 0 aliphatic rings. The van der Waals surface area contributed by atoms with Crippen molar-refractivity contribution in [3.05, 3.63) is 12.7 Å². The Labute approximate surface area is 86.5 Å². The van der Waals surface area contributed by atoms with Crippen LogP contribution >= 0.6 is 0 Å². The van der Waals surface area contributed by atoms with Crippen LogP contribution in [0.15, 0.2) is 12.7 Å². The maximum Gasteiger partial charge on any atom is 0.330 e. The van der Waals surface area contributed by atoms with Crippen LogP contribution in [0.4, 0.5) is 0 Å². The second-order valence-corrected chi connectivity index (χ2v) is 4.26. The lowest BCUT2D eigenvalue weighted by Gasteiger charge is -2.20. The van der Waals surface area contributed by atoms with Gasteiger partial charge in [0.05, 0.1) is 6.61 Å². The highest BCUT2D eigenvalue weighted by Crippen LogP contribution is 1.99. The van der Waals surface area contributed by atoms with Crippen LogP contribution in [-0.2, 0) is 9.53 Å². The number of carbonyl (C=O) groups is 1. The Balaban J connectivity index is 3.22. The fourth-order valence-electron chi connectivity index (χ4n) is 0.922. The fraction of sp³-hybridized carbons (Fsp3) is 0.727. The van der Waals surface area contributed by atoms with Crippen molar-refractivity contribution in [2.24, 2.45) is 0 Å². The minimum atomic E-state index is -0.339. The van der Waals surface area contributed by atoms with Crippen LogP contribution in [0.1, 0.15) is 33.6 Å². The predicted octanol–water partition coefficient (Wildman–Crippen LogP) is 1.88. The van der Waals surface area contributed by atoms with Crippen molar-refractivity contribution in [2.45, 2.75) is 39.2 Å². The van der Waals surface area contributed by atoms with Gasteiger partial charge in [-0.05, 0) is 40.2 Å².